The fourth-order valence-corrected chi connectivity index (χ4v) is 7.98. The van der Waals surface area contributed by atoms with Crippen LogP contribution < -0.4 is 0 Å². The Hall–Kier alpha value is -1.12. The number of carbonyl (C=O) groups is 1. The van der Waals surface area contributed by atoms with Crippen LogP contribution in [0, 0.1) is 0 Å². The molecule has 0 aromatic heterocycles. The van der Waals surface area contributed by atoms with Crippen molar-refractivity contribution >= 4 is 16.0 Å². The van der Waals surface area contributed by atoms with E-state index in [4.69, 9.17) is 9.47 Å². The second kappa shape index (κ2) is 40.7. The average molecular weight is 813 g/mol. The Labute approximate surface area is 350 Å². The van der Waals surface area contributed by atoms with Gasteiger partial charge in [0.25, 0.3) is 0 Å². The van der Waals surface area contributed by atoms with Crippen molar-refractivity contribution in [3.63, 3.8) is 0 Å². The van der Waals surface area contributed by atoms with Crippen LogP contribution in [-0.4, -0.2) is 75.8 Å². The van der Waals surface area contributed by atoms with Crippen LogP contribution in [0.1, 0.15) is 239 Å². The minimum atomic E-state index is -3.14. The van der Waals surface area contributed by atoms with Crippen molar-refractivity contribution in [1.82, 2.24) is 9.21 Å². The van der Waals surface area contributed by atoms with Gasteiger partial charge < -0.3 is 14.4 Å². The molecule has 0 saturated heterocycles. The van der Waals surface area contributed by atoms with E-state index < -0.39 is 10.0 Å². The second-order valence-electron chi connectivity index (χ2n) is 17.0. The second-order valence-corrected chi connectivity index (χ2v) is 19.1. The number of esters is 1. The molecule has 0 aromatic carbocycles. The molecule has 0 radical (unpaired) electrons. The van der Waals surface area contributed by atoms with Crippen molar-refractivity contribution in [2.24, 2.45) is 0 Å². The molecule has 0 heterocycles. The quantitative estimate of drug-likeness (QED) is 0.0346. The van der Waals surface area contributed by atoms with Gasteiger partial charge in [-0.1, -0.05) is 169 Å². The summed E-state index contributed by atoms with van der Waals surface area (Å²) in [5, 5.41) is 0. The lowest BCUT2D eigenvalue weighted by molar-refractivity contribution is -0.143. The molecule has 0 aliphatic heterocycles. The molecule has 0 atom stereocenters. The zero-order valence-electron chi connectivity index (χ0n) is 38.2. The van der Waals surface area contributed by atoms with Crippen molar-refractivity contribution in [3.8, 4) is 0 Å². The summed E-state index contributed by atoms with van der Waals surface area (Å²) in [6.45, 7) is 15.3. The van der Waals surface area contributed by atoms with Gasteiger partial charge in [-0.2, -0.15) is 0 Å². The molecular weight excluding hydrogens is 717 g/mol. The highest BCUT2D eigenvalue weighted by molar-refractivity contribution is 7.88. The Bertz CT molecular complexity index is 959. The standard InChI is InChI=1S/C48H96N2O5S/c1-7-10-13-16-19-28-35-45-54-48(51)40-32-25-21-27-34-43-50(44-36-41-49(5)56(6,52)53)42-33-26-20-22-29-37-46(4)55-47(38-30-23-17-14-11-8-2)39-31-24-18-15-12-9-3/h47H,4,7-45H2,1-3,5-6H3. The highest BCUT2D eigenvalue weighted by Crippen LogP contribution is 2.21. The summed E-state index contributed by atoms with van der Waals surface area (Å²) < 4.78 is 37.2. The summed E-state index contributed by atoms with van der Waals surface area (Å²) in [7, 11) is -1.47. The smallest absolute Gasteiger partial charge is 0.305 e. The number of nitrogens with zero attached hydrogens (tertiary/aromatic N) is 2. The number of unbranched alkanes of at least 4 members (excludes halogenated alkanes) is 24. The molecule has 0 fully saturated rings. The van der Waals surface area contributed by atoms with Crippen LogP contribution in [0.2, 0.25) is 0 Å². The summed E-state index contributed by atoms with van der Waals surface area (Å²) in [6.07, 6.45) is 42.4. The summed E-state index contributed by atoms with van der Waals surface area (Å²) in [5.74, 6) is 0.960. The van der Waals surface area contributed by atoms with E-state index in [0.29, 0.717) is 25.7 Å². The fourth-order valence-electron chi connectivity index (χ4n) is 7.52. The Morgan fingerprint density at radius 3 is 1.39 bits per heavy atom. The number of hydrogen-bond acceptors (Lipinski definition) is 6. The van der Waals surface area contributed by atoms with Crippen LogP contribution in [-0.2, 0) is 24.3 Å². The van der Waals surface area contributed by atoms with Crippen LogP contribution >= 0.6 is 0 Å². The first-order valence-electron chi connectivity index (χ1n) is 24.3. The Balaban J connectivity index is 4.39. The van der Waals surface area contributed by atoms with Crippen molar-refractivity contribution < 1.29 is 22.7 Å². The van der Waals surface area contributed by atoms with Gasteiger partial charge in [0.1, 0.15) is 0 Å². The van der Waals surface area contributed by atoms with Gasteiger partial charge in [0, 0.05) is 26.4 Å². The predicted molar refractivity (Wildman–Crippen MR) is 243 cm³/mol. The number of allylic oxidation sites excluding steroid dienone is 1. The molecule has 0 N–H and O–H groups in total. The average Bonchev–Trinajstić information content (AvgIpc) is 3.16. The van der Waals surface area contributed by atoms with Gasteiger partial charge in [-0.3, -0.25) is 4.79 Å². The maximum absolute atomic E-state index is 12.1. The van der Waals surface area contributed by atoms with Crippen LogP contribution in [0.5, 0.6) is 0 Å². The molecule has 56 heavy (non-hydrogen) atoms. The zero-order valence-corrected chi connectivity index (χ0v) is 39.0. The summed E-state index contributed by atoms with van der Waals surface area (Å²) in [5.41, 5.74) is 0. The summed E-state index contributed by atoms with van der Waals surface area (Å²) >= 11 is 0. The van der Waals surface area contributed by atoms with E-state index in [0.717, 1.165) is 89.6 Å². The highest BCUT2D eigenvalue weighted by Gasteiger charge is 2.13. The Morgan fingerprint density at radius 1 is 0.518 bits per heavy atom. The van der Waals surface area contributed by atoms with Crippen LogP contribution in [0.4, 0.5) is 0 Å². The highest BCUT2D eigenvalue weighted by atomic mass is 32.2. The number of carbonyl (C=O) groups excluding carboxylic acids is 1. The molecule has 7 nitrogen and oxygen atoms in total. The van der Waals surface area contributed by atoms with Crippen LogP contribution in [0.3, 0.4) is 0 Å². The maximum atomic E-state index is 12.1. The summed E-state index contributed by atoms with van der Waals surface area (Å²) in [4.78, 5) is 14.6. The third-order valence-corrected chi connectivity index (χ3v) is 12.7. The van der Waals surface area contributed by atoms with Gasteiger partial charge in [-0.05, 0) is 83.8 Å². The molecule has 0 saturated carbocycles. The minimum absolute atomic E-state index is 0.0364. The van der Waals surface area contributed by atoms with Gasteiger partial charge in [-0.15, -0.1) is 0 Å². The maximum Gasteiger partial charge on any atom is 0.305 e. The predicted octanol–water partition coefficient (Wildman–Crippen LogP) is 13.9. The van der Waals surface area contributed by atoms with Gasteiger partial charge in [0.15, 0.2) is 0 Å². The monoisotopic (exact) mass is 813 g/mol. The number of rotatable bonds is 45. The molecule has 334 valence electrons. The lowest BCUT2D eigenvalue weighted by atomic mass is 10.0. The molecule has 0 amide bonds. The Morgan fingerprint density at radius 2 is 0.911 bits per heavy atom. The van der Waals surface area contributed by atoms with E-state index in [2.05, 4.69) is 32.3 Å². The lowest BCUT2D eigenvalue weighted by Gasteiger charge is -2.23. The molecule has 0 bridgehead atoms. The molecule has 8 heteroatoms. The van der Waals surface area contributed by atoms with Crippen LogP contribution in [0.25, 0.3) is 0 Å². The topological polar surface area (TPSA) is 76.2 Å². The zero-order chi connectivity index (χ0) is 41.4. The number of sulfonamides is 1. The Kier molecular flexibility index (Phi) is 39.8. The van der Waals surface area contributed by atoms with Crippen molar-refractivity contribution in [2.45, 2.75) is 245 Å². The molecular formula is C48H96N2O5S. The lowest BCUT2D eigenvalue weighted by Crippen LogP contribution is -2.32. The van der Waals surface area contributed by atoms with Gasteiger partial charge in [0.05, 0.1) is 24.7 Å². The largest absolute Gasteiger partial charge is 0.495 e. The first-order valence-corrected chi connectivity index (χ1v) is 26.1. The molecule has 0 unspecified atom stereocenters. The van der Waals surface area contributed by atoms with E-state index in [1.807, 2.05) is 0 Å². The number of ether oxygens (including phenoxy) is 2. The number of hydrogen-bond donors (Lipinski definition) is 0. The molecule has 0 aromatic rings. The van der Waals surface area contributed by atoms with E-state index >= 15 is 0 Å². The SMILES string of the molecule is C=C(CCCCCCCN(CCCCCCCC(=O)OCCCCCCCCC)CCCN(C)S(C)(=O)=O)OC(CCCCCCCC)CCCCCCCC. The molecule has 0 spiro atoms. The molecule has 0 aliphatic rings. The third kappa shape index (κ3) is 38.4. The third-order valence-electron chi connectivity index (χ3n) is 11.4. The van der Waals surface area contributed by atoms with Gasteiger partial charge >= 0.3 is 5.97 Å². The van der Waals surface area contributed by atoms with Gasteiger partial charge in [0.2, 0.25) is 10.0 Å². The van der Waals surface area contributed by atoms with E-state index in [1.165, 1.54) is 158 Å². The van der Waals surface area contributed by atoms with E-state index in [1.54, 1.807) is 7.05 Å². The van der Waals surface area contributed by atoms with E-state index in [9.17, 15) is 13.2 Å². The van der Waals surface area contributed by atoms with Crippen molar-refractivity contribution in [2.75, 3.05) is 46.1 Å². The first-order chi connectivity index (χ1) is 27.1. The van der Waals surface area contributed by atoms with Crippen molar-refractivity contribution in [1.29, 1.82) is 0 Å². The summed E-state index contributed by atoms with van der Waals surface area (Å²) in [6, 6.07) is 0. The van der Waals surface area contributed by atoms with Crippen molar-refractivity contribution in [3.05, 3.63) is 12.3 Å². The fraction of sp³-hybridized carbons (Fsp3) is 0.938. The van der Waals surface area contributed by atoms with Gasteiger partial charge in [-0.25, -0.2) is 12.7 Å². The molecule has 0 aliphatic carbocycles. The van der Waals surface area contributed by atoms with E-state index in [-0.39, 0.29) is 5.97 Å². The van der Waals surface area contributed by atoms with Crippen LogP contribution in [0.15, 0.2) is 12.3 Å². The first kappa shape index (κ1) is 54.9. The molecule has 0 rings (SSSR count). The minimum Gasteiger partial charge on any atom is -0.495 e. The normalized spacial score (nSPS) is 12.0.